The summed E-state index contributed by atoms with van der Waals surface area (Å²) in [5.74, 6) is 0. The first-order valence-electron chi connectivity index (χ1n) is 6.20. The maximum absolute atomic E-state index is 5.42. The minimum absolute atomic E-state index is 0.597. The molecule has 17 heavy (non-hydrogen) atoms. The molecule has 1 saturated heterocycles. The number of benzene rings is 1. The van der Waals surface area contributed by atoms with Gasteiger partial charge in [-0.15, -0.1) is 0 Å². The van der Waals surface area contributed by atoms with E-state index in [1.54, 1.807) is 0 Å². The molecule has 1 aromatic rings. The van der Waals surface area contributed by atoms with Gasteiger partial charge in [0, 0.05) is 24.8 Å². The average molecular weight is 247 g/mol. The molecule has 1 unspecified atom stereocenters. The third-order valence-corrected chi connectivity index (χ3v) is 3.87. The van der Waals surface area contributed by atoms with Gasteiger partial charge in [0.05, 0.1) is 0 Å². The van der Waals surface area contributed by atoms with Crippen LogP contribution in [0.3, 0.4) is 0 Å². The first-order chi connectivity index (χ1) is 8.33. The summed E-state index contributed by atoms with van der Waals surface area (Å²) in [6.45, 7) is 3.09. The number of rotatable bonds is 2. The number of nitrogens with zero attached hydrogens (tertiary/aromatic N) is 1. The van der Waals surface area contributed by atoms with Crippen molar-refractivity contribution in [3.8, 4) is 0 Å². The van der Waals surface area contributed by atoms with E-state index in [0.29, 0.717) is 6.04 Å². The van der Waals surface area contributed by atoms with Crippen molar-refractivity contribution in [2.75, 3.05) is 18.4 Å². The highest BCUT2D eigenvalue weighted by Gasteiger charge is 2.23. The van der Waals surface area contributed by atoms with Gasteiger partial charge in [0.25, 0.3) is 0 Å². The molecule has 1 atom stereocenters. The van der Waals surface area contributed by atoms with Crippen molar-refractivity contribution in [1.82, 2.24) is 10.2 Å². The lowest BCUT2D eigenvalue weighted by Crippen LogP contribution is -2.44. The second-order valence-corrected chi connectivity index (χ2v) is 5.15. The Bertz CT molecular complexity index is 426. The van der Waals surface area contributed by atoms with Gasteiger partial charge in [-0.3, -0.25) is 0 Å². The number of fused-ring (bicyclic) bond motifs is 1. The number of hydrogen-bond acceptors (Lipinski definition) is 2. The normalized spacial score (nSPS) is 23.4. The largest absolute Gasteiger partial charge is 0.343 e. The van der Waals surface area contributed by atoms with E-state index in [2.05, 4.69) is 33.7 Å². The smallest absolute Gasteiger partial charge is 0.173 e. The van der Waals surface area contributed by atoms with Gasteiger partial charge in [-0.1, -0.05) is 18.2 Å². The quantitative estimate of drug-likeness (QED) is 0.781. The summed E-state index contributed by atoms with van der Waals surface area (Å²) in [5.41, 5.74) is 2.49. The number of para-hydroxylation sites is 1. The number of nitrogens with one attached hydrogen (secondary N) is 2. The SMILES string of the molecule is S=C1Nc2ccccc2CN1CC1CCCN1. The standard InChI is InChI=1S/C13H17N3S/c17-13-15-12-6-2-1-4-10(12)8-16(13)9-11-5-3-7-14-11/h1-2,4,6,11,14H,3,5,7-9H2,(H,15,17). The Balaban J connectivity index is 1.72. The summed E-state index contributed by atoms with van der Waals surface area (Å²) in [6, 6.07) is 8.98. The molecule has 0 amide bonds. The maximum atomic E-state index is 5.42. The lowest BCUT2D eigenvalue weighted by molar-refractivity contribution is 0.363. The molecule has 4 heteroatoms. The molecule has 3 rings (SSSR count). The molecule has 0 spiro atoms. The molecule has 0 bridgehead atoms. The van der Waals surface area contributed by atoms with Crippen LogP contribution in [0.15, 0.2) is 24.3 Å². The van der Waals surface area contributed by atoms with Crippen LogP contribution in [0, 0.1) is 0 Å². The maximum Gasteiger partial charge on any atom is 0.173 e. The molecule has 2 heterocycles. The van der Waals surface area contributed by atoms with Gasteiger partial charge in [0.2, 0.25) is 0 Å². The molecule has 2 aliphatic rings. The lowest BCUT2D eigenvalue weighted by atomic mass is 10.1. The first-order valence-corrected chi connectivity index (χ1v) is 6.61. The van der Waals surface area contributed by atoms with Gasteiger partial charge in [-0.2, -0.15) is 0 Å². The predicted octanol–water partition coefficient (Wildman–Crippen LogP) is 1.95. The molecule has 3 nitrogen and oxygen atoms in total. The topological polar surface area (TPSA) is 27.3 Å². The number of thiocarbonyl (C=S) groups is 1. The second-order valence-electron chi connectivity index (χ2n) is 4.76. The average Bonchev–Trinajstić information content (AvgIpc) is 2.83. The minimum atomic E-state index is 0.597. The molecule has 0 aromatic heterocycles. The Morgan fingerprint density at radius 1 is 1.35 bits per heavy atom. The van der Waals surface area contributed by atoms with Crippen LogP contribution < -0.4 is 10.6 Å². The van der Waals surface area contributed by atoms with Gasteiger partial charge < -0.3 is 15.5 Å². The molecule has 2 N–H and O–H groups in total. The van der Waals surface area contributed by atoms with Gasteiger partial charge in [0.15, 0.2) is 5.11 Å². The predicted molar refractivity (Wildman–Crippen MR) is 74.1 cm³/mol. The van der Waals surface area contributed by atoms with Crippen LogP contribution >= 0.6 is 12.2 Å². The number of hydrogen-bond donors (Lipinski definition) is 2. The van der Waals surface area contributed by atoms with Crippen molar-refractivity contribution >= 4 is 23.0 Å². The first kappa shape index (κ1) is 11.0. The molecule has 0 aliphatic carbocycles. The molecule has 0 saturated carbocycles. The highest BCUT2D eigenvalue weighted by Crippen LogP contribution is 2.23. The summed E-state index contributed by atoms with van der Waals surface area (Å²) in [6.07, 6.45) is 2.55. The summed E-state index contributed by atoms with van der Waals surface area (Å²) in [4.78, 5) is 2.26. The highest BCUT2D eigenvalue weighted by molar-refractivity contribution is 7.80. The molecule has 1 aromatic carbocycles. The lowest BCUT2D eigenvalue weighted by Gasteiger charge is -2.33. The van der Waals surface area contributed by atoms with Crippen LogP contribution in [0.25, 0.3) is 0 Å². The van der Waals surface area contributed by atoms with E-state index in [0.717, 1.165) is 30.4 Å². The monoisotopic (exact) mass is 247 g/mol. The highest BCUT2D eigenvalue weighted by atomic mass is 32.1. The van der Waals surface area contributed by atoms with E-state index >= 15 is 0 Å². The van der Waals surface area contributed by atoms with Crippen LogP contribution in [0.2, 0.25) is 0 Å². The van der Waals surface area contributed by atoms with Crippen LogP contribution in [0.1, 0.15) is 18.4 Å². The van der Waals surface area contributed by atoms with Crippen LogP contribution in [-0.2, 0) is 6.54 Å². The third kappa shape index (κ3) is 2.28. The second kappa shape index (κ2) is 4.63. The van der Waals surface area contributed by atoms with E-state index in [-0.39, 0.29) is 0 Å². The van der Waals surface area contributed by atoms with Gasteiger partial charge in [-0.25, -0.2) is 0 Å². The van der Waals surface area contributed by atoms with Crippen molar-refractivity contribution in [3.05, 3.63) is 29.8 Å². The molecule has 90 valence electrons. The van der Waals surface area contributed by atoms with Crippen LogP contribution in [0.4, 0.5) is 5.69 Å². The Labute approximate surface area is 107 Å². The fourth-order valence-corrected chi connectivity index (χ4v) is 2.83. The summed E-state index contributed by atoms with van der Waals surface area (Å²) in [5, 5.41) is 7.69. The van der Waals surface area contributed by atoms with Crippen molar-refractivity contribution < 1.29 is 0 Å². The van der Waals surface area contributed by atoms with Crippen molar-refractivity contribution in [2.24, 2.45) is 0 Å². The summed E-state index contributed by atoms with van der Waals surface area (Å²) in [7, 11) is 0. The minimum Gasteiger partial charge on any atom is -0.343 e. The Kier molecular flexibility index (Phi) is 2.99. The summed E-state index contributed by atoms with van der Waals surface area (Å²) >= 11 is 5.42. The van der Waals surface area contributed by atoms with E-state index in [1.165, 1.54) is 18.4 Å². The van der Waals surface area contributed by atoms with Crippen LogP contribution in [0.5, 0.6) is 0 Å². The van der Waals surface area contributed by atoms with E-state index in [4.69, 9.17) is 12.2 Å². The Morgan fingerprint density at radius 3 is 3.06 bits per heavy atom. The zero-order chi connectivity index (χ0) is 11.7. The fourth-order valence-electron chi connectivity index (χ4n) is 2.58. The number of anilines is 1. The molecule has 2 aliphatic heterocycles. The zero-order valence-corrected chi connectivity index (χ0v) is 10.6. The third-order valence-electron chi connectivity index (χ3n) is 3.51. The van der Waals surface area contributed by atoms with Crippen LogP contribution in [-0.4, -0.2) is 29.1 Å². The van der Waals surface area contributed by atoms with E-state index < -0.39 is 0 Å². The molecular weight excluding hydrogens is 230 g/mol. The molecular formula is C13H17N3S. The van der Waals surface area contributed by atoms with Crippen molar-refractivity contribution in [3.63, 3.8) is 0 Å². The fraction of sp³-hybridized carbons (Fsp3) is 0.462. The van der Waals surface area contributed by atoms with Crippen molar-refractivity contribution in [2.45, 2.75) is 25.4 Å². The van der Waals surface area contributed by atoms with Crippen molar-refractivity contribution in [1.29, 1.82) is 0 Å². The zero-order valence-electron chi connectivity index (χ0n) is 9.78. The van der Waals surface area contributed by atoms with Gasteiger partial charge >= 0.3 is 0 Å². The Hall–Kier alpha value is -1.13. The Morgan fingerprint density at radius 2 is 2.24 bits per heavy atom. The summed E-state index contributed by atoms with van der Waals surface area (Å²) < 4.78 is 0. The van der Waals surface area contributed by atoms with E-state index in [1.807, 2.05) is 6.07 Å². The van der Waals surface area contributed by atoms with Gasteiger partial charge in [-0.05, 0) is 43.2 Å². The van der Waals surface area contributed by atoms with Gasteiger partial charge in [0.1, 0.15) is 0 Å². The molecule has 1 fully saturated rings. The molecule has 0 radical (unpaired) electrons. The van der Waals surface area contributed by atoms with E-state index in [9.17, 15) is 0 Å².